The molecule has 5 nitrogen and oxygen atoms in total. The van der Waals surface area contributed by atoms with Gasteiger partial charge in [-0.2, -0.15) is 0 Å². The standard InChI is InChI=1S/C14H14F2N2O3/c15-9-4-8(14(20)21)12(5-10(9)16)18-13(19)7-3-6-1-2-11(7)17-6/h4-7,11,17H,1-3H2,(H,18,19)(H,20,21). The number of carboxylic acid groups (broad SMARTS) is 1. The first-order chi connectivity index (χ1) is 9.95. The topological polar surface area (TPSA) is 78.4 Å². The molecule has 0 aliphatic carbocycles. The van der Waals surface area contributed by atoms with Gasteiger partial charge in [0.2, 0.25) is 5.91 Å². The maximum absolute atomic E-state index is 13.3. The number of aromatic carboxylic acids is 1. The highest BCUT2D eigenvalue weighted by atomic mass is 19.2. The molecule has 0 aromatic heterocycles. The molecule has 3 atom stereocenters. The van der Waals surface area contributed by atoms with Gasteiger partial charge < -0.3 is 15.7 Å². The molecule has 2 heterocycles. The SMILES string of the molecule is O=C(O)c1cc(F)c(F)cc1NC(=O)C1CC2CCC1N2. The van der Waals surface area contributed by atoms with Gasteiger partial charge >= 0.3 is 5.97 Å². The molecule has 21 heavy (non-hydrogen) atoms. The molecular formula is C14H14F2N2O3. The molecule has 0 radical (unpaired) electrons. The highest BCUT2D eigenvalue weighted by Gasteiger charge is 2.42. The van der Waals surface area contributed by atoms with Gasteiger partial charge in [0.05, 0.1) is 17.2 Å². The van der Waals surface area contributed by atoms with E-state index >= 15 is 0 Å². The molecule has 0 saturated carbocycles. The first-order valence-corrected chi connectivity index (χ1v) is 6.75. The van der Waals surface area contributed by atoms with Gasteiger partial charge in [0.15, 0.2) is 11.6 Å². The van der Waals surface area contributed by atoms with E-state index < -0.39 is 23.2 Å². The number of carboxylic acids is 1. The predicted molar refractivity (Wildman–Crippen MR) is 70.0 cm³/mol. The van der Waals surface area contributed by atoms with E-state index in [1.807, 2.05) is 0 Å². The summed E-state index contributed by atoms with van der Waals surface area (Å²) in [6.07, 6.45) is 2.61. The van der Waals surface area contributed by atoms with Crippen LogP contribution in [0.3, 0.4) is 0 Å². The maximum atomic E-state index is 13.3. The van der Waals surface area contributed by atoms with E-state index in [-0.39, 0.29) is 23.6 Å². The number of rotatable bonds is 3. The number of halogens is 2. The molecule has 2 saturated heterocycles. The van der Waals surface area contributed by atoms with Crippen molar-refractivity contribution < 1.29 is 23.5 Å². The average Bonchev–Trinajstić information content (AvgIpc) is 3.04. The van der Waals surface area contributed by atoms with Crippen LogP contribution in [0.5, 0.6) is 0 Å². The largest absolute Gasteiger partial charge is 0.478 e. The van der Waals surface area contributed by atoms with E-state index in [0.717, 1.165) is 12.8 Å². The van der Waals surface area contributed by atoms with Crippen LogP contribution in [0, 0.1) is 17.6 Å². The Labute approximate surface area is 119 Å². The summed E-state index contributed by atoms with van der Waals surface area (Å²) in [6, 6.07) is 1.67. The van der Waals surface area contributed by atoms with E-state index in [4.69, 9.17) is 5.11 Å². The number of hydrogen-bond acceptors (Lipinski definition) is 3. The first-order valence-electron chi connectivity index (χ1n) is 6.75. The molecule has 1 aromatic rings. The smallest absolute Gasteiger partial charge is 0.337 e. The highest BCUT2D eigenvalue weighted by molar-refractivity contribution is 6.01. The Kier molecular flexibility index (Phi) is 3.36. The minimum Gasteiger partial charge on any atom is -0.478 e. The summed E-state index contributed by atoms with van der Waals surface area (Å²) in [5.74, 6) is -4.50. The number of nitrogens with one attached hydrogen (secondary N) is 2. The van der Waals surface area contributed by atoms with Gasteiger partial charge in [-0.1, -0.05) is 0 Å². The van der Waals surface area contributed by atoms with Crippen molar-refractivity contribution in [1.29, 1.82) is 0 Å². The van der Waals surface area contributed by atoms with Crippen molar-refractivity contribution in [2.24, 2.45) is 5.92 Å². The Morgan fingerprint density at radius 3 is 2.52 bits per heavy atom. The Balaban J connectivity index is 1.82. The van der Waals surface area contributed by atoms with Gasteiger partial charge in [0, 0.05) is 18.2 Å². The zero-order valence-corrected chi connectivity index (χ0v) is 11.0. The summed E-state index contributed by atoms with van der Waals surface area (Å²) < 4.78 is 26.4. The van der Waals surface area contributed by atoms with E-state index in [1.54, 1.807) is 0 Å². The van der Waals surface area contributed by atoms with Crippen LogP contribution < -0.4 is 10.6 Å². The summed E-state index contributed by atoms with van der Waals surface area (Å²) in [6.45, 7) is 0. The Bertz CT molecular complexity index is 620. The van der Waals surface area contributed by atoms with Crippen LogP contribution in [0.25, 0.3) is 0 Å². The van der Waals surface area contributed by atoms with E-state index in [9.17, 15) is 18.4 Å². The monoisotopic (exact) mass is 296 g/mol. The van der Waals surface area contributed by atoms with E-state index in [1.165, 1.54) is 0 Å². The summed E-state index contributed by atoms with van der Waals surface area (Å²) in [4.78, 5) is 23.3. The zero-order valence-electron chi connectivity index (χ0n) is 11.0. The lowest BCUT2D eigenvalue weighted by molar-refractivity contribution is -0.120. The molecule has 2 aliphatic heterocycles. The van der Waals surface area contributed by atoms with Crippen LogP contribution in [0.4, 0.5) is 14.5 Å². The molecule has 2 fully saturated rings. The van der Waals surface area contributed by atoms with Crippen molar-refractivity contribution in [2.75, 3.05) is 5.32 Å². The van der Waals surface area contributed by atoms with Crippen LogP contribution >= 0.6 is 0 Å². The highest BCUT2D eigenvalue weighted by Crippen LogP contribution is 2.34. The molecule has 3 N–H and O–H groups in total. The van der Waals surface area contributed by atoms with Crippen molar-refractivity contribution in [3.05, 3.63) is 29.3 Å². The minimum atomic E-state index is -1.42. The fourth-order valence-corrected chi connectivity index (χ4v) is 3.17. The molecule has 1 aromatic carbocycles. The molecule has 7 heteroatoms. The minimum absolute atomic E-state index is 0.0774. The summed E-state index contributed by atoms with van der Waals surface area (Å²) in [5, 5.41) is 14.7. The third kappa shape index (κ3) is 2.49. The summed E-state index contributed by atoms with van der Waals surface area (Å²) in [7, 11) is 0. The normalized spacial score (nSPS) is 26.9. The van der Waals surface area contributed by atoms with Gasteiger partial charge in [-0.05, 0) is 25.3 Å². The van der Waals surface area contributed by atoms with Gasteiger partial charge in [0.1, 0.15) is 0 Å². The van der Waals surface area contributed by atoms with Crippen molar-refractivity contribution in [2.45, 2.75) is 31.3 Å². The first kappa shape index (κ1) is 13.9. The second-order valence-electron chi connectivity index (χ2n) is 5.50. The third-order valence-corrected chi connectivity index (χ3v) is 4.19. The molecule has 2 aliphatic rings. The Hall–Kier alpha value is -2.02. The number of fused-ring (bicyclic) bond motifs is 2. The molecule has 3 unspecified atom stereocenters. The lowest BCUT2D eigenvalue weighted by Gasteiger charge is -2.20. The van der Waals surface area contributed by atoms with Crippen LogP contribution in [-0.2, 0) is 4.79 Å². The second kappa shape index (κ2) is 5.07. The number of carbonyl (C=O) groups is 2. The molecule has 0 spiro atoms. The second-order valence-corrected chi connectivity index (χ2v) is 5.50. The number of carbonyl (C=O) groups excluding carboxylic acids is 1. The summed E-state index contributed by atoms with van der Waals surface area (Å²) >= 11 is 0. The van der Waals surface area contributed by atoms with Crippen molar-refractivity contribution in [1.82, 2.24) is 5.32 Å². The summed E-state index contributed by atoms with van der Waals surface area (Å²) in [5.41, 5.74) is -0.674. The Morgan fingerprint density at radius 1 is 1.24 bits per heavy atom. The lowest BCUT2D eigenvalue weighted by Crippen LogP contribution is -2.33. The molecular weight excluding hydrogens is 282 g/mol. The van der Waals surface area contributed by atoms with E-state index in [2.05, 4.69) is 10.6 Å². The molecule has 3 rings (SSSR count). The van der Waals surface area contributed by atoms with Crippen LogP contribution in [0.2, 0.25) is 0 Å². The van der Waals surface area contributed by atoms with Crippen LogP contribution in [0.1, 0.15) is 29.6 Å². The van der Waals surface area contributed by atoms with Crippen LogP contribution in [0.15, 0.2) is 12.1 Å². The maximum Gasteiger partial charge on any atom is 0.337 e. The fraction of sp³-hybridized carbons (Fsp3) is 0.429. The fourth-order valence-electron chi connectivity index (χ4n) is 3.17. The molecule has 112 valence electrons. The van der Waals surface area contributed by atoms with Gasteiger partial charge in [0.25, 0.3) is 0 Å². The third-order valence-electron chi connectivity index (χ3n) is 4.19. The molecule has 2 bridgehead atoms. The predicted octanol–water partition coefficient (Wildman–Crippen LogP) is 1.74. The van der Waals surface area contributed by atoms with Gasteiger partial charge in [-0.3, -0.25) is 4.79 Å². The van der Waals surface area contributed by atoms with Gasteiger partial charge in [-0.15, -0.1) is 0 Å². The van der Waals surface area contributed by atoms with E-state index in [0.29, 0.717) is 24.6 Å². The van der Waals surface area contributed by atoms with Gasteiger partial charge in [-0.25, -0.2) is 13.6 Å². The van der Waals surface area contributed by atoms with Crippen molar-refractivity contribution in [3.63, 3.8) is 0 Å². The zero-order chi connectivity index (χ0) is 15.1. The quantitative estimate of drug-likeness (QED) is 0.794. The Morgan fingerprint density at radius 2 is 1.95 bits per heavy atom. The lowest BCUT2D eigenvalue weighted by atomic mass is 9.88. The van der Waals surface area contributed by atoms with Crippen LogP contribution in [-0.4, -0.2) is 29.1 Å². The van der Waals surface area contributed by atoms with Crippen molar-refractivity contribution >= 4 is 17.6 Å². The molecule has 1 amide bonds. The number of anilines is 1. The number of benzene rings is 1. The number of hydrogen-bond donors (Lipinski definition) is 3. The average molecular weight is 296 g/mol. The van der Waals surface area contributed by atoms with Crippen molar-refractivity contribution in [3.8, 4) is 0 Å². The number of amides is 1.